The predicted octanol–water partition coefficient (Wildman–Crippen LogP) is 2.67. The first kappa shape index (κ1) is 11.1. The lowest BCUT2D eigenvalue weighted by Crippen LogP contribution is -2.20. The molecule has 1 aromatic rings. The second-order valence-electron chi connectivity index (χ2n) is 4.23. The van der Waals surface area contributed by atoms with Gasteiger partial charge in [-0.3, -0.25) is 4.79 Å². The second-order valence-corrected chi connectivity index (χ2v) is 4.23. The molecule has 0 aliphatic carbocycles. The fraction of sp³-hybridized carbons (Fsp3) is 0.462. The topological polar surface area (TPSA) is 35.5 Å². The van der Waals surface area contributed by atoms with Crippen LogP contribution in [0.3, 0.4) is 0 Å². The van der Waals surface area contributed by atoms with E-state index in [-0.39, 0.29) is 18.0 Å². The Hall–Kier alpha value is -1.35. The van der Waals surface area contributed by atoms with Gasteiger partial charge in [0.1, 0.15) is 0 Å². The third-order valence-electron chi connectivity index (χ3n) is 2.80. The van der Waals surface area contributed by atoms with Crippen LogP contribution in [0.25, 0.3) is 0 Å². The number of hydrogen-bond acceptors (Lipinski definition) is 3. The lowest BCUT2D eigenvalue weighted by Gasteiger charge is -2.15. The molecule has 1 aliphatic heterocycles. The Morgan fingerprint density at radius 2 is 2.06 bits per heavy atom. The van der Waals surface area contributed by atoms with Gasteiger partial charge in [-0.15, -0.1) is 0 Å². The highest BCUT2D eigenvalue weighted by Gasteiger charge is 2.34. The van der Waals surface area contributed by atoms with Crippen LogP contribution in [-0.2, 0) is 14.3 Å². The molecule has 0 N–H and O–H groups in total. The Balaban J connectivity index is 2.04. The van der Waals surface area contributed by atoms with Crippen LogP contribution in [0.2, 0.25) is 0 Å². The normalized spacial score (nSPS) is 29.0. The van der Waals surface area contributed by atoms with Crippen molar-refractivity contribution in [1.82, 2.24) is 0 Å². The minimum absolute atomic E-state index is 0.0422. The summed E-state index contributed by atoms with van der Waals surface area (Å²) in [6.45, 7) is 3.45. The summed E-state index contributed by atoms with van der Waals surface area (Å²) in [6, 6.07) is 10.0. The summed E-state index contributed by atoms with van der Waals surface area (Å²) >= 11 is 0. The molecular formula is C13H16O3. The summed E-state index contributed by atoms with van der Waals surface area (Å²) in [7, 11) is 0. The molecule has 3 atom stereocenters. The van der Waals surface area contributed by atoms with Crippen molar-refractivity contribution in [2.24, 2.45) is 5.92 Å². The SMILES string of the molecule is CC(=O)OC1O[C@H](c2ccccc2)C[C@@H]1C. The monoisotopic (exact) mass is 220 g/mol. The first-order valence-electron chi connectivity index (χ1n) is 5.54. The van der Waals surface area contributed by atoms with E-state index in [0.29, 0.717) is 0 Å². The molecule has 0 saturated carbocycles. The van der Waals surface area contributed by atoms with Crippen molar-refractivity contribution < 1.29 is 14.3 Å². The van der Waals surface area contributed by atoms with Crippen LogP contribution in [-0.4, -0.2) is 12.3 Å². The highest BCUT2D eigenvalue weighted by Crippen LogP contribution is 2.36. The predicted molar refractivity (Wildman–Crippen MR) is 59.6 cm³/mol. The molecule has 1 unspecified atom stereocenters. The zero-order valence-corrected chi connectivity index (χ0v) is 9.55. The van der Waals surface area contributed by atoms with Crippen LogP contribution in [0, 0.1) is 5.92 Å². The second kappa shape index (κ2) is 4.66. The molecule has 0 amide bonds. The van der Waals surface area contributed by atoms with Crippen LogP contribution >= 0.6 is 0 Å². The van der Waals surface area contributed by atoms with Crippen molar-refractivity contribution in [3.8, 4) is 0 Å². The summed E-state index contributed by atoms with van der Waals surface area (Å²) in [6.07, 6.45) is 0.533. The largest absolute Gasteiger partial charge is 0.436 e. The third-order valence-corrected chi connectivity index (χ3v) is 2.80. The maximum Gasteiger partial charge on any atom is 0.304 e. The van der Waals surface area contributed by atoms with Gasteiger partial charge in [-0.1, -0.05) is 37.3 Å². The van der Waals surface area contributed by atoms with Gasteiger partial charge in [-0.05, 0) is 12.0 Å². The van der Waals surface area contributed by atoms with Crippen molar-refractivity contribution in [1.29, 1.82) is 0 Å². The van der Waals surface area contributed by atoms with E-state index in [9.17, 15) is 4.79 Å². The van der Waals surface area contributed by atoms with Gasteiger partial charge in [0.05, 0.1) is 6.10 Å². The zero-order valence-electron chi connectivity index (χ0n) is 9.55. The number of carbonyl (C=O) groups excluding carboxylic acids is 1. The van der Waals surface area contributed by atoms with Gasteiger partial charge >= 0.3 is 5.97 Å². The number of carbonyl (C=O) groups is 1. The Morgan fingerprint density at radius 3 is 2.69 bits per heavy atom. The summed E-state index contributed by atoms with van der Waals surface area (Å²) in [5.74, 6) is -0.0420. The van der Waals surface area contributed by atoms with Crippen LogP contribution in [0.4, 0.5) is 0 Å². The summed E-state index contributed by atoms with van der Waals surface area (Å²) in [5.41, 5.74) is 1.14. The molecule has 3 nitrogen and oxygen atoms in total. The Bertz CT molecular complexity index is 361. The van der Waals surface area contributed by atoms with Crippen LogP contribution in [0.1, 0.15) is 31.9 Å². The molecule has 3 heteroatoms. The summed E-state index contributed by atoms with van der Waals surface area (Å²) in [4.78, 5) is 10.9. The van der Waals surface area contributed by atoms with Gasteiger partial charge in [-0.25, -0.2) is 0 Å². The Morgan fingerprint density at radius 1 is 1.38 bits per heavy atom. The van der Waals surface area contributed by atoms with E-state index in [1.54, 1.807) is 0 Å². The molecular weight excluding hydrogens is 204 g/mol. The standard InChI is InChI=1S/C13H16O3/c1-9-8-12(11-6-4-3-5-7-11)16-13(9)15-10(2)14/h3-7,9,12-13H,8H2,1-2H3/t9-,12-,13?/m0/s1. The zero-order chi connectivity index (χ0) is 11.5. The lowest BCUT2D eigenvalue weighted by atomic mass is 10.0. The summed E-state index contributed by atoms with van der Waals surface area (Å²) in [5, 5.41) is 0. The molecule has 1 aromatic carbocycles. The van der Waals surface area contributed by atoms with Crippen LogP contribution < -0.4 is 0 Å². The Kier molecular flexibility index (Phi) is 3.25. The van der Waals surface area contributed by atoms with Gasteiger partial charge < -0.3 is 9.47 Å². The average molecular weight is 220 g/mol. The van der Waals surface area contributed by atoms with Crippen molar-refractivity contribution in [2.75, 3.05) is 0 Å². The highest BCUT2D eigenvalue weighted by molar-refractivity contribution is 5.66. The lowest BCUT2D eigenvalue weighted by molar-refractivity contribution is -0.178. The van der Waals surface area contributed by atoms with E-state index < -0.39 is 6.29 Å². The quantitative estimate of drug-likeness (QED) is 0.719. The molecule has 86 valence electrons. The number of rotatable bonds is 2. The summed E-state index contributed by atoms with van der Waals surface area (Å²) < 4.78 is 10.8. The number of benzene rings is 1. The van der Waals surface area contributed by atoms with Gasteiger partial charge in [0.25, 0.3) is 0 Å². The molecule has 1 saturated heterocycles. The van der Waals surface area contributed by atoms with Gasteiger partial charge in [0, 0.05) is 12.8 Å². The fourth-order valence-electron chi connectivity index (χ4n) is 1.99. The minimum atomic E-state index is -0.400. The van der Waals surface area contributed by atoms with E-state index in [0.717, 1.165) is 12.0 Å². The molecule has 0 bridgehead atoms. The van der Waals surface area contributed by atoms with E-state index in [1.165, 1.54) is 6.92 Å². The molecule has 0 aromatic heterocycles. The maximum atomic E-state index is 10.9. The van der Waals surface area contributed by atoms with Gasteiger partial charge in [0.15, 0.2) is 0 Å². The van der Waals surface area contributed by atoms with Gasteiger partial charge in [0.2, 0.25) is 6.29 Å². The van der Waals surface area contributed by atoms with Crippen LogP contribution in [0.15, 0.2) is 30.3 Å². The molecule has 0 spiro atoms. The molecule has 1 aliphatic rings. The van der Waals surface area contributed by atoms with E-state index >= 15 is 0 Å². The maximum absolute atomic E-state index is 10.9. The van der Waals surface area contributed by atoms with Crippen molar-refractivity contribution >= 4 is 5.97 Å². The molecule has 1 heterocycles. The van der Waals surface area contributed by atoms with Crippen molar-refractivity contribution in [2.45, 2.75) is 32.7 Å². The third kappa shape index (κ3) is 2.42. The number of ether oxygens (including phenoxy) is 2. The highest BCUT2D eigenvalue weighted by atomic mass is 16.7. The van der Waals surface area contributed by atoms with E-state index in [1.807, 2.05) is 37.3 Å². The molecule has 16 heavy (non-hydrogen) atoms. The smallest absolute Gasteiger partial charge is 0.304 e. The Labute approximate surface area is 95.4 Å². The van der Waals surface area contributed by atoms with E-state index in [4.69, 9.17) is 9.47 Å². The van der Waals surface area contributed by atoms with Crippen molar-refractivity contribution in [3.63, 3.8) is 0 Å². The average Bonchev–Trinajstić information content (AvgIpc) is 2.61. The van der Waals surface area contributed by atoms with E-state index in [2.05, 4.69) is 0 Å². The fourth-order valence-corrected chi connectivity index (χ4v) is 1.99. The minimum Gasteiger partial charge on any atom is -0.436 e. The first-order valence-corrected chi connectivity index (χ1v) is 5.54. The molecule has 1 fully saturated rings. The van der Waals surface area contributed by atoms with Crippen LogP contribution in [0.5, 0.6) is 0 Å². The number of esters is 1. The molecule has 2 rings (SSSR count). The van der Waals surface area contributed by atoms with Crippen molar-refractivity contribution in [3.05, 3.63) is 35.9 Å². The van der Waals surface area contributed by atoms with Gasteiger partial charge in [-0.2, -0.15) is 0 Å². The first-order chi connectivity index (χ1) is 7.66. The molecule has 0 radical (unpaired) electrons. The number of hydrogen-bond donors (Lipinski definition) is 0.